The molecule has 1 spiro atoms. The van der Waals surface area contributed by atoms with Crippen LogP contribution in [0.2, 0.25) is 5.02 Å². The zero-order valence-electron chi connectivity index (χ0n) is 24.3. The van der Waals surface area contributed by atoms with E-state index in [9.17, 15) is 19.5 Å². The first-order chi connectivity index (χ1) is 20.1. The molecule has 3 fully saturated rings. The lowest BCUT2D eigenvalue weighted by atomic mass is 9.66. The van der Waals surface area contributed by atoms with Gasteiger partial charge in [-0.15, -0.1) is 13.2 Å². The topological polar surface area (TPSA) is 90.4 Å². The standard InChI is InChI=1S/C33H38ClN3O5/c1-6-18-35(23-13-9-8-10-14-23)29(39)25-26-30(40)37(22(4)20-38)28(33(26)17-16-32(25,5)42-33)31(41)36(19-7-2)27-21(3)12-11-15-24(27)34/h6-15,22,25-26,28,38H,1-2,16-20H2,3-5H3/t22-,25-,26+,28?,32+,33?/m1/s1. The van der Waals surface area contributed by atoms with Gasteiger partial charge < -0.3 is 24.5 Å². The molecular weight excluding hydrogens is 554 g/mol. The molecule has 5 rings (SSSR count). The Labute approximate surface area is 252 Å². The van der Waals surface area contributed by atoms with Crippen LogP contribution in [0.4, 0.5) is 11.4 Å². The van der Waals surface area contributed by atoms with Crippen molar-refractivity contribution in [3.63, 3.8) is 0 Å². The van der Waals surface area contributed by atoms with E-state index >= 15 is 0 Å². The number of hydrogen-bond acceptors (Lipinski definition) is 5. The second kappa shape index (κ2) is 11.3. The van der Waals surface area contributed by atoms with Gasteiger partial charge in [0.25, 0.3) is 5.91 Å². The number of anilines is 2. The van der Waals surface area contributed by atoms with Gasteiger partial charge in [0, 0.05) is 18.8 Å². The molecule has 3 aliphatic heterocycles. The molecule has 0 saturated carbocycles. The zero-order chi connectivity index (χ0) is 30.4. The van der Waals surface area contributed by atoms with Crippen molar-refractivity contribution in [2.45, 2.75) is 56.9 Å². The lowest BCUT2D eigenvalue weighted by Gasteiger charge is -2.39. The van der Waals surface area contributed by atoms with E-state index in [0.717, 1.165) is 5.56 Å². The number of likely N-dealkylation sites (tertiary alicyclic amines) is 1. The Balaban J connectivity index is 1.63. The Morgan fingerprint density at radius 2 is 1.76 bits per heavy atom. The van der Waals surface area contributed by atoms with Gasteiger partial charge in [-0.2, -0.15) is 0 Å². The number of hydrogen-bond donors (Lipinski definition) is 1. The van der Waals surface area contributed by atoms with Crippen LogP contribution in [0.5, 0.6) is 0 Å². The van der Waals surface area contributed by atoms with Crippen molar-refractivity contribution < 1.29 is 24.2 Å². The average molecular weight is 592 g/mol. The molecule has 2 aromatic carbocycles. The smallest absolute Gasteiger partial charge is 0.253 e. The second-order valence-corrected chi connectivity index (χ2v) is 12.1. The number of aryl methyl sites for hydroxylation is 1. The van der Waals surface area contributed by atoms with Crippen molar-refractivity contribution in [3.05, 3.63) is 84.4 Å². The number of fused-ring (bicyclic) bond motifs is 1. The van der Waals surface area contributed by atoms with E-state index in [-0.39, 0.29) is 37.4 Å². The van der Waals surface area contributed by atoms with Gasteiger partial charge in [0.05, 0.1) is 40.8 Å². The average Bonchev–Trinajstić information content (AvgIpc) is 3.55. The molecule has 0 aliphatic carbocycles. The maximum absolute atomic E-state index is 14.7. The van der Waals surface area contributed by atoms with Crippen LogP contribution in [0.3, 0.4) is 0 Å². The minimum Gasteiger partial charge on any atom is -0.394 e. The minimum absolute atomic E-state index is 0.150. The van der Waals surface area contributed by atoms with Crippen LogP contribution in [-0.4, -0.2) is 70.7 Å². The number of carbonyl (C=O) groups is 3. The van der Waals surface area contributed by atoms with E-state index in [1.165, 1.54) is 4.90 Å². The van der Waals surface area contributed by atoms with Crippen molar-refractivity contribution >= 4 is 40.7 Å². The van der Waals surface area contributed by atoms with E-state index in [1.54, 1.807) is 34.9 Å². The summed E-state index contributed by atoms with van der Waals surface area (Å²) in [5, 5.41) is 10.6. The molecule has 6 atom stereocenters. The third-order valence-electron chi connectivity index (χ3n) is 9.14. The number of carbonyl (C=O) groups excluding carboxylic acids is 3. The summed E-state index contributed by atoms with van der Waals surface area (Å²) in [7, 11) is 0. The van der Waals surface area contributed by atoms with Crippen LogP contribution in [0, 0.1) is 18.8 Å². The third-order valence-corrected chi connectivity index (χ3v) is 9.44. The van der Waals surface area contributed by atoms with Gasteiger partial charge in [0.2, 0.25) is 11.8 Å². The first-order valence-corrected chi connectivity index (χ1v) is 14.7. The van der Waals surface area contributed by atoms with Crippen LogP contribution < -0.4 is 9.80 Å². The monoisotopic (exact) mass is 591 g/mol. The van der Waals surface area contributed by atoms with Crippen molar-refractivity contribution in [3.8, 4) is 0 Å². The van der Waals surface area contributed by atoms with Crippen molar-refractivity contribution in [2.24, 2.45) is 11.8 Å². The SMILES string of the molecule is C=CCN(C(=O)[C@H]1[C@H]2C(=O)N([C@H](C)CO)C(C(=O)N(CC=C)c3c(C)cccc3Cl)C23CC[C@]1(C)O3)c1ccccc1. The molecule has 1 N–H and O–H groups in total. The highest BCUT2D eigenvalue weighted by Crippen LogP contribution is 2.64. The van der Waals surface area contributed by atoms with Gasteiger partial charge in [0.1, 0.15) is 11.6 Å². The number of aliphatic hydroxyl groups excluding tert-OH is 1. The molecule has 8 nitrogen and oxygen atoms in total. The summed E-state index contributed by atoms with van der Waals surface area (Å²) in [5.74, 6) is -2.73. The summed E-state index contributed by atoms with van der Waals surface area (Å²) >= 11 is 6.63. The number of ether oxygens (including phenoxy) is 1. The lowest BCUT2D eigenvalue weighted by molar-refractivity contribution is -0.147. The third kappa shape index (κ3) is 4.48. The number of amides is 3. The number of nitrogens with zero attached hydrogens (tertiary/aromatic N) is 3. The van der Waals surface area contributed by atoms with Crippen LogP contribution in [0.1, 0.15) is 32.3 Å². The fourth-order valence-corrected chi connectivity index (χ4v) is 7.67. The Hall–Kier alpha value is -3.46. The summed E-state index contributed by atoms with van der Waals surface area (Å²) in [6, 6.07) is 12.9. The molecular formula is C33H38ClN3O5. The summed E-state index contributed by atoms with van der Waals surface area (Å²) in [6.45, 7) is 13.2. The quantitative estimate of drug-likeness (QED) is 0.410. The Bertz CT molecular complexity index is 1400. The summed E-state index contributed by atoms with van der Waals surface area (Å²) < 4.78 is 6.80. The lowest BCUT2D eigenvalue weighted by Crippen LogP contribution is -2.58. The summed E-state index contributed by atoms with van der Waals surface area (Å²) in [5.41, 5.74) is -0.203. The number of halogens is 1. The summed E-state index contributed by atoms with van der Waals surface area (Å²) in [4.78, 5) is 48.2. The van der Waals surface area contributed by atoms with Crippen molar-refractivity contribution in [1.29, 1.82) is 0 Å². The molecule has 2 unspecified atom stereocenters. The zero-order valence-corrected chi connectivity index (χ0v) is 25.1. The molecule has 9 heteroatoms. The van der Waals surface area contributed by atoms with E-state index in [1.807, 2.05) is 56.3 Å². The molecule has 3 heterocycles. The van der Waals surface area contributed by atoms with Crippen molar-refractivity contribution in [1.82, 2.24) is 4.90 Å². The number of rotatable bonds is 10. The highest BCUT2D eigenvalue weighted by atomic mass is 35.5. The predicted octanol–water partition coefficient (Wildman–Crippen LogP) is 4.53. The molecule has 3 saturated heterocycles. The molecule has 0 aromatic heterocycles. The number of para-hydroxylation sites is 2. The van der Waals surface area contributed by atoms with E-state index in [0.29, 0.717) is 29.2 Å². The van der Waals surface area contributed by atoms with Gasteiger partial charge in [-0.05, 0) is 57.4 Å². The predicted molar refractivity (Wildman–Crippen MR) is 163 cm³/mol. The normalized spacial score (nSPS) is 28.4. The van der Waals surface area contributed by atoms with Crippen LogP contribution in [0.15, 0.2) is 73.8 Å². The fraction of sp³-hybridized carbons (Fsp3) is 0.424. The van der Waals surface area contributed by atoms with E-state index in [4.69, 9.17) is 16.3 Å². The maximum Gasteiger partial charge on any atom is 0.253 e. The van der Waals surface area contributed by atoms with Gasteiger partial charge in [0.15, 0.2) is 0 Å². The van der Waals surface area contributed by atoms with Gasteiger partial charge >= 0.3 is 0 Å². The van der Waals surface area contributed by atoms with E-state index in [2.05, 4.69) is 13.2 Å². The second-order valence-electron chi connectivity index (χ2n) is 11.7. The first-order valence-electron chi connectivity index (χ1n) is 14.3. The van der Waals surface area contributed by atoms with Gasteiger partial charge in [-0.25, -0.2) is 0 Å². The van der Waals surface area contributed by atoms with E-state index < -0.39 is 35.1 Å². The highest BCUT2D eigenvalue weighted by molar-refractivity contribution is 6.34. The van der Waals surface area contributed by atoms with Crippen molar-refractivity contribution in [2.75, 3.05) is 29.5 Å². The Morgan fingerprint density at radius 1 is 1.10 bits per heavy atom. The van der Waals surface area contributed by atoms with Gasteiger partial charge in [-0.1, -0.05) is 54.1 Å². The highest BCUT2D eigenvalue weighted by Gasteiger charge is 2.78. The largest absolute Gasteiger partial charge is 0.394 e. The van der Waals surface area contributed by atoms with Crippen LogP contribution >= 0.6 is 11.6 Å². The molecule has 2 aromatic rings. The Morgan fingerprint density at radius 3 is 2.38 bits per heavy atom. The van der Waals surface area contributed by atoms with Gasteiger partial charge in [-0.3, -0.25) is 14.4 Å². The molecule has 222 valence electrons. The Kier molecular flexibility index (Phi) is 8.09. The molecule has 42 heavy (non-hydrogen) atoms. The van der Waals surface area contributed by atoms with Crippen LogP contribution in [-0.2, 0) is 19.1 Å². The number of aliphatic hydroxyl groups is 1. The molecule has 2 bridgehead atoms. The fourth-order valence-electron chi connectivity index (χ4n) is 7.34. The van der Waals surface area contributed by atoms with Crippen LogP contribution in [0.25, 0.3) is 0 Å². The molecule has 3 aliphatic rings. The molecule has 3 amide bonds. The number of benzene rings is 2. The maximum atomic E-state index is 14.7. The minimum atomic E-state index is -1.25. The summed E-state index contributed by atoms with van der Waals surface area (Å²) in [6.07, 6.45) is 4.19. The molecule has 0 radical (unpaired) electrons. The first kappa shape index (κ1) is 30.0.